The number of methoxy groups -OCH3 is 1. The predicted octanol–water partition coefficient (Wildman–Crippen LogP) is -0.860. The van der Waals surface area contributed by atoms with E-state index in [0.29, 0.717) is 19.4 Å². The Morgan fingerprint density at radius 3 is 2.41 bits per heavy atom. The smallest absolute Gasteiger partial charge is 0.328 e. The fourth-order valence-electron chi connectivity index (χ4n) is 1.14. The minimum atomic E-state index is -0.642. The molecule has 0 heterocycles. The number of halogens is 1. The van der Waals surface area contributed by atoms with Crippen LogP contribution in [-0.4, -0.2) is 37.5 Å². The Bertz CT molecular complexity index is 279. The molecule has 0 saturated heterocycles. The number of hydrogen-bond acceptors (Lipinski definition) is 4. The van der Waals surface area contributed by atoms with Gasteiger partial charge in [0, 0.05) is 13.5 Å². The van der Waals surface area contributed by atoms with E-state index in [1.807, 2.05) is 0 Å². The Morgan fingerprint density at radius 2 is 2.00 bits per heavy atom. The SMILES string of the molecule is COC(=O)[C@@H](CCCN=C(N)N)NC(C)=O.Cl. The molecular weight excluding hydrogens is 248 g/mol. The van der Waals surface area contributed by atoms with Crippen molar-refractivity contribution in [2.45, 2.75) is 25.8 Å². The highest BCUT2D eigenvalue weighted by atomic mass is 35.5. The number of guanidine groups is 1. The number of aliphatic imine (C=N–C) groups is 1. The Morgan fingerprint density at radius 1 is 1.41 bits per heavy atom. The van der Waals surface area contributed by atoms with Gasteiger partial charge in [-0.2, -0.15) is 0 Å². The van der Waals surface area contributed by atoms with E-state index < -0.39 is 12.0 Å². The summed E-state index contributed by atoms with van der Waals surface area (Å²) in [5, 5.41) is 2.49. The number of carbonyl (C=O) groups is 2. The van der Waals surface area contributed by atoms with Crippen molar-refractivity contribution < 1.29 is 14.3 Å². The molecule has 0 saturated carbocycles. The number of hydrogen-bond donors (Lipinski definition) is 3. The van der Waals surface area contributed by atoms with E-state index >= 15 is 0 Å². The molecule has 0 bridgehead atoms. The van der Waals surface area contributed by atoms with Crippen molar-refractivity contribution in [3.8, 4) is 0 Å². The number of amides is 1. The lowest BCUT2D eigenvalue weighted by atomic mass is 10.1. The van der Waals surface area contributed by atoms with Crippen molar-refractivity contribution in [2.75, 3.05) is 13.7 Å². The number of nitrogens with two attached hydrogens (primary N) is 2. The maximum atomic E-state index is 11.3. The van der Waals surface area contributed by atoms with Gasteiger partial charge in [-0.25, -0.2) is 4.79 Å². The Labute approximate surface area is 106 Å². The summed E-state index contributed by atoms with van der Waals surface area (Å²) in [5.41, 5.74) is 10.3. The largest absolute Gasteiger partial charge is 0.467 e. The van der Waals surface area contributed by atoms with Gasteiger partial charge in [-0.1, -0.05) is 0 Å². The molecule has 1 atom stereocenters. The van der Waals surface area contributed by atoms with Gasteiger partial charge in [-0.3, -0.25) is 9.79 Å². The molecule has 0 aromatic heterocycles. The lowest BCUT2D eigenvalue weighted by Crippen LogP contribution is -2.40. The van der Waals surface area contributed by atoms with Gasteiger partial charge < -0.3 is 21.5 Å². The van der Waals surface area contributed by atoms with Crippen molar-refractivity contribution in [3.63, 3.8) is 0 Å². The fourth-order valence-corrected chi connectivity index (χ4v) is 1.14. The minimum Gasteiger partial charge on any atom is -0.467 e. The van der Waals surface area contributed by atoms with Gasteiger partial charge >= 0.3 is 5.97 Å². The van der Waals surface area contributed by atoms with Crippen molar-refractivity contribution in [2.24, 2.45) is 16.5 Å². The number of nitrogens with one attached hydrogen (secondary N) is 1. The molecule has 0 unspecified atom stereocenters. The van der Waals surface area contributed by atoms with Gasteiger partial charge in [0.2, 0.25) is 5.91 Å². The Hall–Kier alpha value is -1.50. The molecule has 8 heteroatoms. The molecule has 17 heavy (non-hydrogen) atoms. The molecule has 1 amide bonds. The van der Waals surface area contributed by atoms with Crippen LogP contribution < -0.4 is 16.8 Å². The lowest BCUT2D eigenvalue weighted by molar-refractivity contribution is -0.145. The zero-order valence-corrected chi connectivity index (χ0v) is 10.8. The third kappa shape index (κ3) is 9.43. The normalized spacial score (nSPS) is 10.7. The number of esters is 1. The number of nitrogens with zero attached hydrogens (tertiary/aromatic N) is 1. The third-order valence-electron chi connectivity index (χ3n) is 1.81. The molecule has 0 spiro atoms. The Balaban J connectivity index is 0. The molecule has 5 N–H and O–H groups in total. The number of rotatable bonds is 6. The first kappa shape index (κ1) is 17.9. The number of carbonyl (C=O) groups excluding carboxylic acids is 2. The third-order valence-corrected chi connectivity index (χ3v) is 1.81. The summed E-state index contributed by atoms with van der Waals surface area (Å²) in [7, 11) is 1.27. The van der Waals surface area contributed by atoms with E-state index in [-0.39, 0.29) is 24.3 Å². The minimum absolute atomic E-state index is 0. The first-order chi connectivity index (χ1) is 7.47. The molecule has 0 radical (unpaired) electrons. The molecule has 0 aromatic carbocycles. The summed E-state index contributed by atoms with van der Waals surface area (Å²) in [6.07, 6.45) is 1.01. The monoisotopic (exact) mass is 266 g/mol. The zero-order chi connectivity index (χ0) is 12.6. The molecular formula is C9H19ClN4O3. The highest BCUT2D eigenvalue weighted by molar-refractivity contribution is 5.85. The van der Waals surface area contributed by atoms with E-state index in [9.17, 15) is 9.59 Å². The molecule has 0 aliphatic carbocycles. The van der Waals surface area contributed by atoms with Crippen LogP contribution in [0.25, 0.3) is 0 Å². The first-order valence-electron chi connectivity index (χ1n) is 4.87. The van der Waals surface area contributed by atoms with Crippen LogP contribution in [0.1, 0.15) is 19.8 Å². The van der Waals surface area contributed by atoms with Gasteiger partial charge in [0.05, 0.1) is 7.11 Å². The zero-order valence-electron chi connectivity index (χ0n) is 9.93. The molecule has 0 aliphatic heterocycles. The van der Waals surface area contributed by atoms with Crippen LogP contribution in [0, 0.1) is 0 Å². The average molecular weight is 267 g/mol. The van der Waals surface area contributed by atoms with Gasteiger partial charge in [-0.05, 0) is 12.8 Å². The standard InChI is InChI=1S/C9H18N4O3.ClH/c1-6(14)13-7(8(15)16-2)4-3-5-12-9(10)11;/h7H,3-5H2,1-2H3,(H,13,14)(H4,10,11,12);1H/t7-;/m1./s1. The summed E-state index contributed by atoms with van der Waals surface area (Å²) in [5.74, 6) is -0.744. The molecule has 7 nitrogen and oxygen atoms in total. The molecule has 0 fully saturated rings. The van der Waals surface area contributed by atoms with Gasteiger partial charge in [0.1, 0.15) is 6.04 Å². The van der Waals surface area contributed by atoms with Crippen LogP contribution in [-0.2, 0) is 14.3 Å². The van der Waals surface area contributed by atoms with Gasteiger partial charge in [0.25, 0.3) is 0 Å². The summed E-state index contributed by atoms with van der Waals surface area (Å²) >= 11 is 0. The fraction of sp³-hybridized carbons (Fsp3) is 0.667. The second kappa shape index (κ2) is 9.71. The second-order valence-corrected chi connectivity index (χ2v) is 3.23. The van der Waals surface area contributed by atoms with Crippen molar-refractivity contribution in [1.29, 1.82) is 0 Å². The quantitative estimate of drug-likeness (QED) is 0.250. The summed E-state index contributed by atoms with van der Waals surface area (Å²) in [6.45, 7) is 1.75. The van der Waals surface area contributed by atoms with Crippen LogP contribution in [0.15, 0.2) is 4.99 Å². The second-order valence-electron chi connectivity index (χ2n) is 3.23. The van der Waals surface area contributed by atoms with Crippen LogP contribution in [0.5, 0.6) is 0 Å². The van der Waals surface area contributed by atoms with Crippen molar-refractivity contribution >= 4 is 30.2 Å². The van der Waals surface area contributed by atoms with E-state index in [0.717, 1.165) is 0 Å². The van der Waals surface area contributed by atoms with Crippen LogP contribution in [0.3, 0.4) is 0 Å². The van der Waals surface area contributed by atoms with Gasteiger partial charge in [0.15, 0.2) is 5.96 Å². The topological polar surface area (TPSA) is 120 Å². The van der Waals surface area contributed by atoms with E-state index in [1.54, 1.807) is 0 Å². The molecule has 0 aromatic rings. The van der Waals surface area contributed by atoms with E-state index in [2.05, 4.69) is 15.0 Å². The summed E-state index contributed by atoms with van der Waals surface area (Å²) in [6, 6.07) is -0.642. The highest BCUT2D eigenvalue weighted by Crippen LogP contribution is 2.00. The predicted molar refractivity (Wildman–Crippen MR) is 66.8 cm³/mol. The van der Waals surface area contributed by atoms with Crippen LogP contribution in [0.4, 0.5) is 0 Å². The van der Waals surface area contributed by atoms with E-state index in [4.69, 9.17) is 11.5 Å². The highest BCUT2D eigenvalue weighted by Gasteiger charge is 2.19. The molecule has 0 aliphatic rings. The maximum Gasteiger partial charge on any atom is 0.328 e. The van der Waals surface area contributed by atoms with Crippen molar-refractivity contribution in [3.05, 3.63) is 0 Å². The van der Waals surface area contributed by atoms with Crippen LogP contribution in [0.2, 0.25) is 0 Å². The average Bonchev–Trinajstić information content (AvgIpc) is 2.20. The van der Waals surface area contributed by atoms with Gasteiger partial charge in [-0.15, -0.1) is 12.4 Å². The summed E-state index contributed by atoms with van der Waals surface area (Å²) < 4.78 is 4.55. The molecule has 0 rings (SSSR count). The maximum absolute atomic E-state index is 11.3. The number of ether oxygens (including phenoxy) is 1. The van der Waals surface area contributed by atoms with E-state index in [1.165, 1.54) is 14.0 Å². The Kier molecular flexibility index (Phi) is 10.2. The van der Waals surface area contributed by atoms with Crippen molar-refractivity contribution in [1.82, 2.24) is 5.32 Å². The first-order valence-corrected chi connectivity index (χ1v) is 4.87. The summed E-state index contributed by atoms with van der Waals surface area (Å²) in [4.78, 5) is 25.9. The van der Waals surface area contributed by atoms with Crippen LogP contribution >= 0.6 is 12.4 Å². The lowest BCUT2D eigenvalue weighted by Gasteiger charge is -2.14. The molecule has 100 valence electrons.